The molecule has 0 bridgehead atoms. The lowest BCUT2D eigenvalue weighted by Gasteiger charge is -2.25. The van der Waals surface area contributed by atoms with Gasteiger partial charge >= 0.3 is 0 Å². The Balaban J connectivity index is 0.903. The highest BCUT2D eigenvalue weighted by Gasteiger charge is 2.28. The first-order valence-electron chi connectivity index (χ1n) is 30.8. The van der Waals surface area contributed by atoms with Gasteiger partial charge < -0.3 is 18.8 Å². The Morgan fingerprint density at radius 2 is 1.00 bits per heavy atom. The van der Waals surface area contributed by atoms with Crippen LogP contribution >= 0.6 is 0 Å². The van der Waals surface area contributed by atoms with Crippen LogP contribution in [0.5, 0.6) is 11.5 Å². The predicted molar refractivity (Wildman–Crippen MR) is 360 cm³/mol. The van der Waals surface area contributed by atoms with Gasteiger partial charge in [0, 0.05) is 70.3 Å². The molecule has 6 nitrogen and oxygen atoms in total. The van der Waals surface area contributed by atoms with Gasteiger partial charge in [0.25, 0.3) is 0 Å². The van der Waals surface area contributed by atoms with Crippen LogP contribution in [0.4, 0.5) is 11.4 Å². The molecule has 0 atom stereocenters. The van der Waals surface area contributed by atoms with Crippen LogP contribution in [-0.2, 0) is 23.9 Å². The van der Waals surface area contributed by atoms with E-state index in [1.54, 1.807) is 0 Å². The largest absolute Gasteiger partial charge is 0.457 e. The zero-order valence-corrected chi connectivity index (χ0v) is 49.8. The van der Waals surface area contributed by atoms with Gasteiger partial charge in [-0.15, -0.1) is 0 Å². The fourth-order valence-electron chi connectivity index (χ4n) is 13.4. The van der Waals surface area contributed by atoms with Gasteiger partial charge in [0.15, 0.2) is 0 Å². The first-order chi connectivity index (χ1) is 41.8. The number of hydrogen-bond donors (Lipinski definition) is 0. The molecule has 15 rings (SSSR count). The molecule has 0 aliphatic carbocycles. The van der Waals surface area contributed by atoms with E-state index in [4.69, 9.17) is 9.72 Å². The Morgan fingerprint density at radius 3 is 1.67 bits per heavy atom. The Bertz CT molecular complexity index is 5180. The number of pyridine rings is 1. The molecule has 6 heteroatoms. The molecular weight excluding hydrogens is 1030 g/mol. The number of anilines is 2. The van der Waals surface area contributed by atoms with Crippen LogP contribution in [0.3, 0.4) is 0 Å². The number of nitrogens with zero attached hydrogens (tertiary/aromatic N) is 5. The highest BCUT2D eigenvalue weighted by molar-refractivity contribution is 6.22. The van der Waals surface area contributed by atoms with Crippen molar-refractivity contribution in [2.75, 3.05) is 4.90 Å². The van der Waals surface area contributed by atoms with E-state index in [1.165, 1.54) is 32.8 Å². The minimum Gasteiger partial charge on any atom is -0.457 e. The molecule has 5 heterocycles. The number of fused-ring (bicyclic) bond motifs is 13. The van der Waals surface area contributed by atoms with Crippen LogP contribution < -0.4 is 9.64 Å². The number of aromatic nitrogens is 4. The number of rotatable bonds is 7. The van der Waals surface area contributed by atoms with Crippen molar-refractivity contribution >= 4 is 98.3 Å². The molecule has 0 fully saturated rings. The van der Waals surface area contributed by atoms with Gasteiger partial charge in [-0.05, 0) is 139 Å². The molecule has 0 N–H and O–H groups in total. The fraction of sp³-hybridized carbons (Fsp3) is 0.177. The van der Waals surface area contributed by atoms with Crippen LogP contribution in [0, 0.1) is 5.41 Å². The van der Waals surface area contributed by atoms with Gasteiger partial charge in [-0.25, -0.2) is 4.98 Å². The summed E-state index contributed by atoms with van der Waals surface area (Å²) >= 11 is 0. The van der Waals surface area contributed by atoms with Crippen molar-refractivity contribution in [3.8, 4) is 34.1 Å². The van der Waals surface area contributed by atoms with Crippen molar-refractivity contribution in [3.05, 3.63) is 247 Å². The SMILES string of the molecule is [2H]C([2H])(c1cc(-c2cccc3c4ccccc4c4ccccc4c4cccc5c4n(c23)CN5c2cccc(Oc3ccc4c5cc(-n6c7ccccc7c7ccccc76)ccc5n(-c5cc(C(C)(C)C)ccn5)c4c3)c2)cc(C(C)(C)C)c1)C(C)(C)C. The number of para-hydroxylation sites is 4. The fourth-order valence-corrected chi connectivity index (χ4v) is 13.4. The van der Waals surface area contributed by atoms with Crippen molar-refractivity contribution in [2.45, 2.75) is 86.2 Å². The maximum atomic E-state index is 9.66. The first kappa shape index (κ1) is 49.9. The molecule has 4 aromatic heterocycles. The summed E-state index contributed by atoms with van der Waals surface area (Å²) in [6.07, 6.45) is 0.318. The third-order valence-electron chi connectivity index (χ3n) is 17.3. The van der Waals surface area contributed by atoms with Crippen LogP contribution in [0.1, 0.15) is 81.7 Å². The highest BCUT2D eigenvalue weighted by Crippen LogP contribution is 2.47. The quantitative estimate of drug-likeness (QED) is 0.160. The van der Waals surface area contributed by atoms with Gasteiger partial charge in [-0.3, -0.25) is 4.57 Å². The van der Waals surface area contributed by atoms with E-state index in [0.29, 0.717) is 23.7 Å². The smallest absolute Gasteiger partial charge is 0.137 e. The molecule has 0 saturated heterocycles. The lowest BCUT2D eigenvalue weighted by molar-refractivity contribution is 0.411. The average molecular weight is 1110 g/mol. The third-order valence-corrected chi connectivity index (χ3v) is 17.3. The molecule has 0 unspecified atom stereocenters. The van der Waals surface area contributed by atoms with Gasteiger partial charge in [0.2, 0.25) is 0 Å². The molecule has 85 heavy (non-hydrogen) atoms. The van der Waals surface area contributed by atoms with Crippen LogP contribution in [0.15, 0.2) is 231 Å². The average Bonchev–Trinajstić information content (AvgIpc) is 1.67. The van der Waals surface area contributed by atoms with E-state index in [2.05, 4.69) is 285 Å². The Morgan fingerprint density at radius 1 is 0.424 bits per heavy atom. The van der Waals surface area contributed by atoms with Crippen molar-refractivity contribution < 1.29 is 7.48 Å². The number of hydrogen-bond acceptors (Lipinski definition) is 3. The second-order valence-corrected chi connectivity index (χ2v) is 26.2. The topological polar surface area (TPSA) is 40.1 Å². The third kappa shape index (κ3) is 8.88. The van der Waals surface area contributed by atoms with Gasteiger partial charge in [-0.1, -0.05) is 202 Å². The zero-order valence-electron chi connectivity index (χ0n) is 51.8. The molecule has 10 aromatic carbocycles. The summed E-state index contributed by atoms with van der Waals surface area (Å²) < 4.78 is 33.6. The van der Waals surface area contributed by atoms with Crippen LogP contribution in [0.2, 0.25) is 0 Å². The first-order valence-corrected chi connectivity index (χ1v) is 29.8. The lowest BCUT2D eigenvalue weighted by atomic mass is 9.81. The summed E-state index contributed by atoms with van der Waals surface area (Å²) in [7, 11) is 0. The predicted octanol–water partition coefficient (Wildman–Crippen LogP) is 21.6. The van der Waals surface area contributed by atoms with Crippen LogP contribution in [0.25, 0.3) is 110 Å². The molecule has 0 saturated carbocycles. The van der Waals surface area contributed by atoms with Gasteiger partial charge in [-0.2, -0.15) is 0 Å². The van der Waals surface area contributed by atoms with E-state index < -0.39 is 11.8 Å². The van der Waals surface area contributed by atoms with E-state index in [0.717, 1.165) is 99.3 Å². The summed E-state index contributed by atoms with van der Waals surface area (Å²) in [5.74, 6) is 2.28. The Labute approximate surface area is 499 Å². The standard InChI is InChI=1S/C79H69N5O/c1-77(2,3)48-50-41-51(43-53(42-50)79(7,8)9)58-29-19-30-66-61-25-12-10-23-59(61)60-24-11-13-26-62(60)67-31-20-34-72-76(67)82(75(58)66)49-81(72)54-21-18-22-56(45-54)85-57-36-37-65-68-46-55(83-69-32-16-14-27-63(69)64-28-15-17-33-70(64)83)35-38-71(68)84(73(65)47-57)74-44-52(39-40-80-74)78(4,5)6/h10-47H,48-49H2,1-9H3/i48D2. The second kappa shape index (κ2) is 19.5. The highest BCUT2D eigenvalue weighted by atomic mass is 16.5. The molecule has 0 spiro atoms. The minimum atomic E-state index is -1.62. The molecule has 1 aliphatic rings. The van der Waals surface area contributed by atoms with Gasteiger partial charge in [0.05, 0.1) is 38.8 Å². The molecular formula is C79H69N5O. The summed E-state index contributed by atoms with van der Waals surface area (Å²) in [5, 5.41) is 11.6. The monoisotopic (exact) mass is 1110 g/mol. The summed E-state index contributed by atoms with van der Waals surface area (Å²) in [6, 6.07) is 81.1. The van der Waals surface area contributed by atoms with Crippen LogP contribution in [-0.4, -0.2) is 18.7 Å². The Kier molecular flexibility index (Phi) is 11.4. The molecule has 0 amide bonds. The van der Waals surface area contributed by atoms with Gasteiger partial charge in [0.1, 0.15) is 24.0 Å². The maximum Gasteiger partial charge on any atom is 0.137 e. The minimum absolute atomic E-state index is 0.0854. The van der Waals surface area contributed by atoms with E-state index in [9.17, 15) is 2.74 Å². The molecule has 416 valence electrons. The number of ether oxygens (including phenoxy) is 1. The summed E-state index contributed by atoms with van der Waals surface area (Å²) in [6.45, 7) is 19.9. The van der Waals surface area contributed by atoms with E-state index in [-0.39, 0.29) is 10.8 Å². The lowest BCUT2D eigenvalue weighted by Crippen LogP contribution is -2.15. The summed E-state index contributed by atoms with van der Waals surface area (Å²) in [4.78, 5) is 7.48. The molecule has 1 aliphatic heterocycles. The zero-order chi connectivity index (χ0) is 59.9. The Hall–Kier alpha value is -9.65. The number of benzene rings is 10. The van der Waals surface area contributed by atoms with Crippen molar-refractivity contribution in [3.63, 3.8) is 0 Å². The van der Waals surface area contributed by atoms with Crippen molar-refractivity contribution in [1.82, 2.24) is 18.7 Å². The second-order valence-electron chi connectivity index (χ2n) is 26.2. The van der Waals surface area contributed by atoms with Crippen molar-refractivity contribution in [1.29, 1.82) is 0 Å². The maximum absolute atomic E-state index is 9.66. The normalized spacial score (nSPS) is 13.5. The van der Waals surface area contributed by atoms with E-state index in [1.807, 2.05) is 27.0 Å². The van der Waals surface area contributed by atoms with E-state index >= 15 is 0 Å². The van der Waals surface area contributed by atoms with Crippen molar-refractivity contribution in [2.24, 2.45) is 5.41 Å². The summed E-state index contributed by atoms with van der Waals surface area (Å²) in [5.41, 5.74) is 13.8. The molecule has 0 radical (unpaired) electrons. The molecule has 14 aromatic rings.